The van der Waals surface area contributed by atoms with Crippen LogP contribution in [0.4, 0.5) is 0 Å². The number of carbonyl (C=O) groups excluding carboxylic acids is 1. The molecule has 1 aliphatic carbocycles. The monoisotopic (exact) mass is 302 g/mol. The van der Waals surface area contributed by atoms with E-state index >= 15 is 0 Å². The number of carboxylic acid groups (broad SMARTS) is 1. The summed E-state index contributed by atoms with van der Waals surface area (Å²) >= 11 is 11.6. The lowest BCUT2D eigenvalue weighted by molar-refractivity contribution is -0.144. The number of hydrogen-bond donors (Lipinski definition) is 2. The number of amides is 1. The second-order valence-corrected chi connectivity index (χ2v) is 5.49. The Labute approximate surface area is 119 Å². The van der Waals surface area contributed by atoms with Gasteiger partial charge in [0.05, 0.1) is 5.02 Å². The number of carboxylic acids is 1. The van der Waals surface area contributed by atoms with E-state index in [1.807, 2.05) is 0 Å². The van der Waals surface area contributed by atoms with Crippen LogP contribution >= 0.6 is 23.2 Å². The van der Waals surface area contributed by atoms with Gasteiger partial charge < -0.3 is 10.4 Å². The predicted octanol–water partition coefficient (Wildman–Crippen LogP) is 2.37. The van der Waals surface area contributed by atoms with E-state index in [4.69, 9.17) is 23.2 Å². The third kappa shape index (κ3) is 2.82. The Morgan fingerprint density at radius 1 is 1.42 bits per heavy atom. The van der Waals surface area contributed by atoms with Crippen molar-refractivity contribution >= 4 is 35.1 Å². The lowest BCUT2D eigenvalue weighted by Gasteiger charge is -2.26. The average molecular weight is 303 g/mol. The van der Waals surface area contributed by atoms with E-state index in [-0.39, 0.29) is 21.8 Å². The van der Waals surface area contributed by atoms with Crippen molar-refractivity contribution in [2.24, 2.45) is 5.92 Å². The zero-order valence-corrected chi connectivity index (χ0v) is 11.6. The van der Waals surface area contributed by atoms with Crippen LogP contribution in [0.1, 0.15) is 30.3 Å². The molecule has 1 aliphatic rings. The van der Waals surface area contributed by atoms with Gasteiger partial charge in [0, 0.05) is 0 Å². The summed E-state index contributed by atoms with van der Waals surface area (Å²) in [7, 11) is 0. The van der Waals surface area contributed by atoms with Crippen molar-refractivity contribution < 1.29 is 14.7 Å². The highest BCUT2D eigenvalue weighted by atomic mass is 35.5. The summed E-state index contributed by atoms with van der Waals surface area (Å²) in [4.78, 5) is 27.2. The van der Waals surface area contributed by atoms with Crippen LogP contribution in [0.5, 0.6) is 0 Å². The highest BCUT2D eigenvalue weighted by Crippen LogP contribution is 2.40. The molecule has 1 unspecified atom stereocenters. The maximum Gasteiger partial charge on any atom is 0.329 e. The van der Waals surface area contributed by atoms with Gasteiger partial charge in [-0.25, -0.2) is 9.78 Å². The van der Waals surface area contributed by atoms with Crippen molar-refractivity contribution in [3.8, 4) is 0 Å². The molecule has 1 saturated carbocycles. The number of carbonyl (C=O) groups is 2. The molecule has 5 nitrogen and oxygen atoms in total. The SMILES string of the molecule is CC(NC(=O)c1nc(Cl)ccc1Cl)(C(=O)O)C1CC1. The average Bonchev–Trinajstić information content (AvgIpc) is 3.16. The van der Waals surface area contributed by atoms with Crippen molar-refractivity contribution in [2.75, 3.05) is 0 Å². The molecule has 7 heteroatoms. The number of aliphatic carboxylic acids is 1. The molecule has 102 valence electrons. The zero-order valence-electron chi connectivity index (χ0n) is 10.1. The van der Waals surface area contributed by atoms with Crippen molar-refractivity contribution in [3.63, 3.8) is 0 Å². The molecule has 0 aliphatic heterocycles. The van der Waals surface area contributed by atoms with E-state index in [2.05, 4.69) is 10.3 Å². The van der Waals surface area contributed by atoms with Gasteiger partial charge in [-0.3, -0.25) is 4.79 Å². The van der Waals surface area contributed by atoms with Crippen molar-refractivity contribution in [1.29, 1.82) is 0 Å². The number of nitrogens with zero attached hydrogens (tertiary/aromatic N) is 1. The molecule has 1 aromatic rings. The van der Waals surface area contributed by atoms with Gasteiger partial charge in [-0.15, -0.1) is 0 Å². The second kappa shape index (κ2) is 4.98. The topological polar surface area (TPSA) is 79.3 Å². The van der Waals surface area contributed by atoms with Crippen LogP contribution in [0.25, 0.3) is 0 Å². The summed E-state index contributed by atoms with van der Waals surface area (Å²) in [6, 6.07) is 2.90. The third-order valence-electron chi connectivity index (χ3n) is 3.24. The van der Waals surface area contributed by atoms with Gasteiger partial charge in [-0.05, 0) is 37.8 Å². The van der Waals surface area contributed by atoms with Gasteiger partial charge in [0.2, 0.25) is 0 Å². The van der Waals surface area contributed by atoms with Crippen LogP contribution in [0, 0.1) is 5.92 Å². The van der Waals surface area contributed by atoms with E-state index in [0.29, 0.717) is 0 Å². The molecule has 1 fully saturated rings. The molecule has 0 saturated heterocycles. The first kappa shape index (κ1) is 14.1. The Hall–Kier alpha value is -1.33. The minimum absolute atomic E-state index is 0.0630. The number of aromatic nitrogens is 1. The van der Waals surface area contributed by atoms with Gasteiger partial charge in [0.1, 0.15) is 16.4 Å². The van der Waals surface area contributed by atoms with E-state index in [1.54, 1.807) is 0 Å². The molecule has 1 amide bonds. The molecular formula is C12H12Cl2N2O3. The summed E-state index contributed by atoms with van der Waals surface area (Å²) in [5.74, 6) is -1.77. The Kier molecular flexibility index (Phi) is 3.69. The van der Waals surface area contributed by atoms with E-state index < -0.39 is 17.4 Å². The van der Waals surface area contributed by atoms with Crippen molar-refractivity contribution in [1.82, 2.24) is 10.3 Å². The number of rotatable bonds is 4. The Bertz CT molecular complexity index is 546. The highest BCUT2D eigenvalue weighted by Gasteiger charge is 2.48. The maximum absolute atomic E-state index is 12.1. The van der Waals surface area contributed by atoms with Gasteiger partial charge in [-0.2, -0.15) is 0 Å². The summed E-state index contributed by atoms with van der Waals surface area (Å²) in [6.45, 7) is 1.49. The van der Waals surface area contributed by atoms with Gasteiger partial charge in [0.15, 0.2) is 0 Å². The summed E-state index contributed by atoms with van der Waals surface area (Å²) in [5, 5.41) is 12.0. The highest BCUT2D eigenvalue weighted by molar-refractivity contribution is 6.34. The molecule has 1 atom stereocenters. The Balaban J connectivity index is 2.25. The van der Waals surface area contributed by atoms with E-state index in [0.717, 1.165) is 12.8 Å². The first-order valence-corrected chi connectivity index (χ1v) is 6.48. The van der Waals surface area contributed by atoms with Crippen LogP contribution in [0.3, 0.4) is 0 Å². The molecular weight excluding hydrogens is 291 g/mol. The molecule has 0 bridgehead atoms. The van der Waals surface area contributed by atoms with E-state index in [9.17, 15) is 14.7 Å². The fourth-order valence-electron chi connectivity index (χ4n) is 1.86. The number of nitrogens with one attached hydrogen (secondary N) is 1. The van der Waals surface area contributed by atoms with Crippen LogP contribution in [-0.4, -0.2) is 27.5 Å². The minimum atomic E-state index is -1.30. The van der Waals surface area contributed by atoms with Crippen molar-refractivity contribution in [3.05, 3.63) is 28.0 Å². The summed E-state index contributed by atoms with van der Waals surface area (Å²) in [5.41, 5.74) is -1.37. The summed E-state index contributed by atoms with van der Waals surface area (Å²) in [6.07, 6.45) is 1.56. The molecule has 1 heterocycles. The lowest BCUT2D eigenvalue weighted by Crippen LogP contribution is -2.54. The third-order valence-corrected chi connectivity index (χ3v) is 3.75. The number of hydrogen-bond acceptors (Lipinski definition) is 3. The molecule has 0 aromatic carbocycles. The van der Waals surface area contributed by atoms with Crippen LogP contribution in [-0.2, 0) is 4.79 Å². The quantitative estimate of drug-likeness (QED) is 0.837. The fraction of sp³-hybridized carbons (Fsp3) is 0.417. The standard InChI is InChI=1S/C12H12Cl2N2O3/c1-12(11(18)19,6-2-3-6)16-10(17)9-7(13)4-5-8(14)15-9/h4-6H,2-3H2,1H3,(H,16,17)(H,18,19). The Morgan fingerprint density at radius 3 is 2.58 bits per heavy atom. The van der Waals surface area contributed by atoms with E-state index in [1.165, 1.54) is 19.1 Å². The fourth-order valence-corrected chi connectivity index (χ4v) is 2.20. The normalized spacial score (nSPS) is 17.6. The maximum atomic E-state index is 12.1. The van der Waals surface area contributed by atoms with Crippen LogP contribution < -0.4 is 5.32 Å². The lowest BCUT2D eigenvalue weighted by atomic mass is 9.96. The Morgan fingerprint density at radius 2 is 2.05 bits per heavy atom. The molecule has 19 heavy (non-hydrogen) atoms. The van der Waals surface area contributed by atoms with Crippen LogP contribution in [0.15, 0.2) is 12.1 Å². The zero-order chi connectivity index (χ0) is 14.2. The van der Waals surface area contributed by atoms with Gasteiger partial charge in [-0.1, -0.05) is 23.2 Å². The molecule has 1 aromatic heterocycles. The first-order chi connectivity index (χ1) is 8.84. The second-order valence-electron chi connectivity index (χ2n) is 4.70. The predicted molar refractivity (Wildman–Crippen MR) is 70.5 cm³/mol. The van der Waals surface area contributed by atoms with Gasteiger partial charge >= 0.3 is 5.97 Å². The number of pyridine rings is 1. The van der Waals surface area contributed by atoms with Crippen LogP contribution in [0.2, 0.25) is 10.2 Å². The first-order valence-electron chi connectivity index (χ1n) is 5.72. The number of halogens is 2. The molecule has 2 rings (SSSR count). The molecule has 0 radical (unpaired) electrons. The largest absolute Gasteiger partial charge is 0.480 e. The smallest absolute Gasteiger partial charge is 0.329 e. The van der Waals surface area contributed by atoms with Crippen molar-refractivity contribution in [2.45, 2.75) is 25.3 Å². The van der Waals surface area contributed by atoms with Gasteiger partial charge in [0.25, 0.3) is 5.91 Å². The minimum Gasteiger partial charge on any atom is -0.480 e. The summed E-state index contributed by atoms with van der Waals surface area (Å²) < 4.78 is 0. The molecule has 0 spiro atoms. The molecule has 2 N–H and O–H groups in total.